The Hall–Kier alpha value is -2.14. The molecule has 1 aromatic carbocycles. The van der Waals surface area contributed by atoms with Crippen molar-refractivity contribution >= 4 is 27.8 Å². The van der Waals surface area contributed by atoms with Gasteiger partial charge in [-0.1, -0.05) is 12.1 Å². The van der Waals surface area contributed by atoms with Gasteiger partial charge in [-0.15, -0.1) is 0 Å². The number of fused-ring (bicyclic) bond motifs is 3. The number of aromatic nitrogens is 3. The number of aromatic amines is 1. The maximum atomic E-state index is 5.41. The SMILES string of the molecule is Cc1ccc2c(c1)[nH]c1c(NN)ncnc12. The topological polar surface area (TPSA) is 79.6 Å². The van der Waals surface area contributed by atoms with E-state index in [1.807, 2.05) is 0 Å². The molecule has 0 aliphatic rings. The first-order valence-electron chi connectivity index (χ1n) is 4.99. The van der Waals surface area contributed by atoms with Crippen LogP contribution < -0.4 is 11.3 Å². The maximum absolute atomic E-state index is 5.41. The van der Waals surface area contributed by atoms with E-state index in [9.17, 15) is 0 Å². The normalized spacial score (nSPS) is 11.1. The van der Waals surface area contributed by atoms with Crippen LogP contribution in [0.5, 0.6) is 0 Å². The van der Waals surface area contributed by atoms with E-state index in [4.69, 9.17) is 5.84 Å². The van der Waals surface area contributed by atoms with Gasteiger partial charge in [-0.05, 0) is 18.6 Å². The third kappa shape index (κ3) is 1.15. The van der Waals surface area contributed by atoms with Gasteiger partial charge >= 0.3 is 0 Å². The summed E-state index contributed by atoms with van der Waals surface area (Å²) >= 11 is 0. The highest BCUT2D eigenvalue weighted by Crippen LogP contribution is 2.27. The highest BCUT2D eigenvalue weighted by Gasteiger charge is 2.09. The second-order valence-electron chi connectivity index (χ2n) is 3.76. The molecular formula is C11H11N5. The summed E-state index contributed by atoms with van der Waals surface area (Å²) in [5, 5.41) is 1.08. The molecule has 0 radical (unpaired) electrons. The van der Waals surface area contributed by atoms with Crippen LogP contribution in [0.2, 0.25) is 0 Å². The second-order valence-corrected chi connectivity index (χ2v) is 3.76. The smallest absolute Gasteiger partial charge is 0.167 e. The molecule has 0 aliphatic carbocycles. The molecule has 2 heterocycles. The summed E-state index contributed by atoms with van der Waals surface area (Å²) in [6, 6.07) is 6.20. The van der Waals surface area contributed by atoms with Gasteiger partial charge in [0.25, 0.3) is 0 Å². The van der Waals surface area contributed by atoms with Crippen LogP contribution in [0.4, 0.5) is 5.82 Å². The summed E-state index contributed by atoms with van der Waals surface area (Å²) < 4.78 is 0. The van der Waals surface area contributed by atoms with Crippen LogP contribution in [-0.2, 0) is 0 Å². The molecular weight excluding hydrogens is 202 g/mol. The fourth-order valence-corrected chi connectivity index (χ4v) is 1.92. The number of nitrogens with two attached hydrogens (primary N) is 1. The van der Waals surface area contributed by atoms with Gasteiger partial charge in [-0.3, -0.25) is 0 Å². The lowest BCUT2D eigenvalue weighted by atomic mass is 10.2. The minimum atomic E-state index is 0.610. The first kappa shape index (κ1) is 9.11. The van der Waals surface area contributed by atoms with Gasteiger partial charge in [0, 0.05) is 10.9 Å². The van der Waals surface area contributed by atoms with E-state index in [1.54, 1.807) is 0 Å². The number of nitrogens with zero attached hydrogens (tertiary/aromatic N) is 2. The van der Waals surface area contributed by atoms with Crippen LogP contribution in [-0.4, -0.2) is 15.0 Å². The van der Waals surface area contributed by atoms with Gasteiger partial charge < -0.3 is 10.4 Å². The minimum Gasteiger partial charge on any atom is -0.350 e. The molecule has 0 fully saturated rings. The first-order chi connectivity index (χ1) is 7.79. The number of nitrogens with one attached hydrogen (secondary N) is 2. The van der Waals surface area contributed by atoms with Crippen molar-refractivity contribution in [2.45, 2.75) is 6.92 Å². The molecule has 80 valence electrons. The summed E-state index contributed by atoms with van der Waals surface area (Å²) in [5.74, 6) is 6.02. The molecule has 16 heavy (non-hydrogen) atoms. The van der Waals surface area contributed by atoms with E-state index in [0.717, 1.165) is 21.9 Å². The minimum absolute atomic E-state index is 0.610. The molecule has 3 aromatic rings. The van der Waals surface area contributed by atoms with Crippen LogP contribution in [0.15, 0.2) is 24.5 Å². The van der Waals surface area contributed by atoms with Crippen molar-refractivity contribution in [1.29, 1.82) is 0 Å². The Balaban J connectivity index is 2.49. The van der Waals surface area contributed by atoms with E-state index in [0.29, 0.717) is 5.82 Å². The molecule has 0 amide bonds. The second kappa shape index (κ2) is 3.18. The van der Waals surface area contributed by atoms with Crippen molar-refractivity contribution in [1.82, 2.24) is 15.0 Å². The third-order valence-electron chi connectivity index (χ3n) is 2.67. The fourth-order valence-electron chi connectivity index (χ4n) is 1.92. The molecule has 0 unspecified atom stereocenters. The van der Waals surface area contributed by atoms with Crippen molar-refractivity contribution in [2.24, 2.45) is 5.84 Å². The summed E-state index contributed by atoms with van der Waals surface area (Å²) in [5.41, 5.74) is 6.54. The molecule has 0 aliphatic heterocycles. The van der Waals surface area contributed by atoms with Crippen LogP contribution >= 0.6 is 0 Å². The zero-order chi connectivity index (χ0) is 11.1. The number of aryl methyl sites for hydroxylation is 1. The quantitative estimate of drug-likeness (QED) is 0.424. The fraction of sp³-hybridized carbons (Fsp3) is 0.0909. The van der Waals surface area contributed by atoms with E-state index in [2.05, 4.69) is 45.5 Å². The third-order valence-corrected chi connectivity index (χ3v) is 2.67. The van der Waals surface area contributed by atoms with Crippen LogP contribution in [0, 0.1) is 6.92 Å². The van der Waals surface area contributed by atoms with Gasteiger partial charge in [0.05, 0.1) is 0 Å². The summed E-state index contributed by atoms with van der Waals surface area (Å²) in [4.78, 5) is 11.6. The number of nitrogen functional groups attached to an aromatic ring is 1. The average molecular weight is 213 g/mol. The molecule has 0 saturated heterocycles. The average Bonchev–Trinajstić information content (AvgIpc) is 2.65. The highest BCUT2D eigenvalue weighted by atomic mass is 15.3. The Bertz CT molecular complexity index is 670. The maximum Gasteiger partial charge on any atom is 0.167 e. The zero-order valence-corrected chi connectivity index (χ0v) is 8.78. The Morgan fingerprint density at radius 1 is 1.31 bits per heavy atom. The predicted octanol–water partition coefficient (Wildman–Crippen LogP) is 1.71. The molecule has 5 nitrogen and oxygen atoms in total. The van der Waals surface area contributed by atoms with Gasteiger partial charge in [-0.2, -0.15) is 0 Å². The lowest BCUT2D eigenvalue weighted by molar-refractivity contribution is 1.18. The molecule has 5 heteroatoms. The number of benzene rings is 1. The number of hydrogen-bond donors (Lipinski definition) is 3. The van der Waals surface area contributed by atoms with E-state index >= 15 is 0 Å². The monoisotopic (exact) mass is 213 g/mol. The van der Waals surface area contributed by atoms with Crippen molar-refractivity contribution in [2.75, 3.05) is 5.43 Å². The summed E-state index contributed by atoms with van der Waals surface area (Å²) in [6.07, 6.45) is 1.50. The molecule has 0 spiro atoms. The molecule has 0 saturated carbocycles. The lowest BCUT2D eigenvalue weighted by Gasteiger charge is -1.97. The van der Waals surface area contributed by atoms with Crippen LogP contribution in [0.1, 0.15) is 5.56 Å². The molecule has 0 atom stereocenters. The van der Waals surface area contributed by atoms with Crippen molar-refractivity contribution in [3.05, 3.63) is 30.1 Å². The van der Waals surface area contributed by atoms with Crippen molar-refractivity contribution in [3.63, 3.8) is 0 Å². The summed E-state index contributed by atoms with van der Waals surface area (Å²) in [6.45, 7) is 2.05. The van der Waals surface area contributed by atoms with Gasteiger partial charge in [0.1, 0.15) is 17.4 Å². The standard InChI is InChI=1S/C11H11N5/c1-6-2-3-7-8(4-6)15-10-9(7)13-5-14-11(10)16-12/h2-5,15H,12H2,1H3,(H,13,14,16). The Morgan fingerprint density at radius 2 is 2.19 bits per heavy atom. The number of hydrogen-bond acceptors (Lipinski definition) is 4. The molecule has 0 bridgehead atoms. The number of anilines is 1. The summed E-state index contributed by atoms with van der Waals surface area (Å²) in [7, 11) is 0. The molecule has 3 rings (SSSR count). The van der Waals surface area contributed by atoms with Gasteiger partial charge in [0.15, 0.2) is 5.82 Å². The van der Waals surface area contributed by atoms with E-state index in [-0.39, 0.29) is 0 Å². The van der Waals surface area contributed by atoms with Gasteiger partial charge in [0.2, 0.25) is 0 Å². The Kier molecular flexibility index (Phi) is 1.81. The largest absolute Gasteiger partial charge is 0.350 e. The zero-order valence-electron chi connectivity index (χ0n) is 8.78. The number of hydrazine groups is 1. The van der Waals surface area contributed by atoms with Crippen molar-refractivity contribution in [3.8, 4) is 0 Å². The number of rotatable bonds is 1. The van der Waals surface area contributed by atoms with Crippen molar-refractivity contribution < 1.29 is 0 Å². The Morgan fingerprint density at radius 3 is 3.00 bits per heavy atom. The van der Waals surface area contributed by atoms with E-state index in [1.165, 1.54) is 11.9 Å². The lowest BCUT2D eigenvalue weighted by Crippen LogP contribution is -2.09. The predicted molar refractivity (Wildman–Crippen MR) is 63.9 cm³/mol. The number of H-pyrrole nitrogens is 1. The van der Waals surface area contributed by atoms with Crippen LogP contribution in [0.25, 0.3) is 21.9 Å². The molecule has 4 N–H and O–H groups in total. The highest BCUT2D eigenvalue weighted by molar-refractivity contribution is 6.08. The molecule has 2 aromatic heterocycles. The van der Waals surface area contributed by atoms with Crippen LogP contribution in [0.3, 0.4) is 0 Å². The van der Waals surface area contributed by atoms with E-state index < -0.39 is 0 Å². The first-order valence-corrected chi connectivity index (χ1v) is 4.99. The van der Waals surface area contributed by atoms with Gasteiger partial charge in [-0.25, -0.2) is 15.8 Å². The Labute approximate surface area is 91.7 Å².